The monoisotopic (exact) mass is 260 g/mol. The molecule has 0 aliphatic heterocycles. The number of carbonyl (C=O) groups excluding carboxylic acids is 1. The third-order valence-electron chi connectivity index (χ3n) is 3.59. The van der Waals surface area contributed by atoms with Gasteiger partial charge in [-0.3, -0.25) is 4.79 Å². The zero-order chi connectivity index (χ0) is 14.0. The zero-order valence-electron chi connectivity index (χ0n) is 11.8. The second-order valence-electron chi connectivity index (χ2n) is 4.82. The summed E-state index contributed by atoms with van der Waals surface area (Å²) in [4.78, 5) is 13.8. The number of nitrogens with one attached hydrogen (secondary N) is 1. The van der Waals surface area contributed by atoms with Crippen LogP contribution in [0.15, 0.2) is 34.7 Å². The van der Waals surface area contributed by atoms with E-state index in [0.29, 0.717) is 0 Å². The highest BCUT2D eigenvalue weighted by Crippen LogP contribution is 2.26. The van der Waals surface area contributed by atoms with E-state index < -0.39 is 0 Å². The maximum absolute atomic E-state index is 12.1. The van der Waals surface area contributed by atoms with E-state index in [1.54, 1.807) is 19.0 Å². The second-order valence-corrected chi connectivity index (χ2v) is 4.82. The third-order valence-corrected chi connectivity index (χ3v) is 3.59. The lowest BCUT2D eigenvalue weighted by Gasteiger charge is -2.26. The molecule has 1 aromatic heterocycles. The molecule has 2 atom stereocenters. The first-order valence-corrected chi connectivity index (χ1v) is 6.47. The Kier molecular flexibility index (Phi) is 3.90. The van der Waals surface area contributed by atoms with Crippen LogP contribution in [-0.4, -0.2) is 30.9 Å². The molecule has 4 heteroatoms. The Morgan fingerprint density at radius 3 is 2.63 bits per heavy atom. The molecule has 4 nitrogen and oxygen atoms in total. The van der Waals surface area contributed by atoms with E-state index in [4.69, 9.17) is 4.42 Å². The van der Waals surface area contributed by atoms with Gasteiger partial charge in [0.05, 0.1) is 12.1 Å². The van der Waals surface area contributed by atoms with Crippen molar-refractivity contribution >= 4 is 16.9 Å². The number of amides is 1. The lowest BCUT2D eigenvalue weighted by atomic mass is 10.2. The molecule has 0 fully saturated rings. The normalized spacial score (nSPS) is 14.3. The minimum Gasteiger partial charge on any atom is -0.459 e. The van der Waals surface area contributed by atoms with Crippen LogP contribution in [0.3, 0.4) is 0 Å². The van der Waals surface area contributed by atoms with Crippen LogP contribution in [0.25, 0.3) is 11.0 Å². The van der Waals surface area contributed by atoms with Crippen LogP contribution in [0.1, 0.15) is 25.6 Å². The minimum absolute atomic E-state index is 0.0513. The Morgan fingerprint density at radius 1 is 1.32 bits per heavy atom. The summed E-state index contributed by atoms with van der Waals surface area (Å²) in [6, 6.07) is 9.57. The fourth-order valence-corrected chi connectivity index (χ4v) is 2.02. The average Bonchev–Trinajstić information content (AvgIpc) is 2.87. The fraction of sp³-hybridized carbons (Fsp3) is 0.400. The van der Waals surface area contributed by atoms with Crippen molar-refractivity contribution in [2.24, 2.45) is 0 Å². The SMILES string of the molecule is CNC(C)C(=O)N(C)C(C)c1cc2ccccc2o1. The molecular weight excluding hydrogens is 240 g/mol. The van der Waals surface area contributed by atoms with Crippen molar-refractivity contribution in [3.8, 4) is 0 Å². The predicted octanol–water partition coefficient (Wildman–Crippen LogP) is 2.56. The van der Waals surface area contributed by atoms with Crippen molar-refractivity contribution in [1.29, 1.82) is 0 Å². The third kappa shape index (κ3) is 2.63. The van der Waals surface area contributed by atoms with Gasteiger partial charge >= 0.3 is 0 Å². The van der Waals surface area contributed by atoms with Crippen LogP contribution in [-0.2, 0) is 4.79 Å². The molecule has 0 spiro atoms. The van der Waals surface area contributed by atoms with Gasteiger partial charge in [-0.2, -0.15) is 0 Å². The number of hydrogen-bond acceptors (Lipinski definition) is 3. The quantitative estimate of drug-likeness (QED) is 0.919. The number of carbonyl (C=O) groups is 1. The summed E-state index contributed by atoms with van der Waals surface area (Å²) in [5, 5.41) is 4.02. The van der Waals surface area contributed by atoms with Gasteiger partial charge in [0.15, 0.2) is 0 Å². The van der Waals surface area contributed by atoms with Crippen LogP contribution >= 0.6 is 0 Å². The number of para-hydroxylation sites is 1. The van der Waals surface area contributed by atoms with E-state index in [1.807, 2.05) is 44.2 Å². The number of nitrogens with zero attached hydrogens (tertiary/aromatic N) is 1. The molecule has 1 N–H and O–H groups in total. The molecule has 1 aromatic carbocycles. The minimum atomic E-state index is -0.197. The Bertz CT molecular complexity index is 543. The number of furan rings is 1. The predicted molar refractivity (Wildman–Crippen MR) is 75.9 cm³/mol. The van der Waals surface area contributed by atoms with Crippen molar-refractivity contribution in [3.05, 3.63) is 36.1 Å². The molecule has 19 heavy (non-hydrogen) atoms. The molecule has 1 amide bonds. The van der Waals surface area contributed by atoms with Gasteiger partial charge in [0.1, 0.15) is 11.3 Å². The maximum atomic E-state index is 12.1. The van der Waals surface area contributed by atoms with Gasteiger partial charge in [0, 0.05) is 12.4 Å². The van der Waals surface area contributed by atoms with Gasteiger partial charge < -0.3 is 14.6 Å². The first kappa shape index (κ1) is 13.6. The molecule has 2 aromatic rings. The Morgan fingerprint density at radius 2 is 2.00 bits per heavy atom. The van der Waals surface area contributed by atoms with Crippen LogP contribution < -0.4 is 5.32 Å². The van der Waals surface area contributed by atoms with Crippen molar-refractivity contribution in [1.82, 2.24) is 10.2 Å². The van der Waals surface area contributed by atoms with Gasteiger partial charge in [-0.25, -0.2) is 0 Å². The van der Waals surface area contributed by atoms with Gasteiger partial charge in [-0.05, 0) is 33.0 Å². The van der Waals surface area contributed by atoms with Gasteiger partial charge in [-0.15, -0.1) is 0 Å². The van der Waals surface area contributed by atoms with Gasteiger partial charge in [0.2, 0.25) is 5.91 Å². The number of benzene rings is 1. The molecule has 0 aliphatic carbocycles. The molecule has 0 aliphatic rings. The summed E-state index contributed by atoms with van der Waals surface area (Å²) in [7, 11) is 3.58. The van der Waals surface area contributed by atoms with Crippen molar-refractivity contribution in [2.45, 2.75) is 25.9 Å². The van der Waals surface area contributed by atoms with Crippen LogP contribution in [0.2, 0.25) is 0 Å². The van der Waals surface area contributed by atoms with Crippen LogP contribution in [0, 0.1) is 0 Å². The number of hydrogen-bond donors (Lipinski definition) is 1. The highest BCUT2D eigenvalue weighted by molar-refractivity contribution is 5.82. The largest absolute Gasteiger partial charge is 0.459 e. The van der Waals surface area contributed by atoms with Gasteiger partial charge in [0.25, 0.3) is 0 Å². The van der Waals surface area contributed by atoms with Crippen molar-refractivity contribution in [3.63, 3.8) is 0 Å². The van der Waals surface area contributed by atoms with Crippen LogP contribution in [0.5, 0.6) is 0 Å². The van der Waals surface area contributed by atoms with E-state index in [1.165, 1.54) is 0 Å². The van der Waals surface area contributed by atoms with Gasteiger partial charge in [-0.1, -0.05) is 18.2 Å². The molecule has 1 heterocycles. The lowest BCUT2D eigenvalue weighted by molar-refractivity contribution is -0.133. The molecule has 102 valence electrons. The first-order chi connectivity index (χ1) is 9.04. The summed E-state index contributed by atoms with van der Waals surface area (Å²) >= 11 is 0. The van der Waals surface area contributed by atoms with E-state index in [2.05, 4.69) is 5.32 Å². The molecule has 2 unspecified atom stereocenters. The molecule has 0 bridgehead atoms. The highest BCUT2D eigenvalue weighted by atomic mass is 16.3. The molecule has 0 saturated heterocycles. The summed E-state index contributed by atoms with van der Waals surface area (Å²) < 4.78 is 5.80. The number of fused-ring (bicyclic) bond motifs is 1. The molecule has 0 saturated carbocycles. The van der Waals surface area contributed by atoms with E-state index in [0.717, 1.165) is 16.7 Å². The lowest BCUT2D eigenvalue weighted by Crippen LogP contribution is -2.42. The zero-order valence-corrected chi connectivity index (χ0v) is 11.8. The second kappa shape index (κ2) is 5.45. The Labute approximate surface area is 113 Å². The highest BCUT2D eigenvalue weighted by Gasteiger charge is 2.23. The van der Waals surface area contributed by atoms with Crippen molar-refractivity contribution in [2.75, 3.05) is 14.1 Å². The molecule has 0 radical (unpaired) electrons. The Balaban J connectivity index is 2.23. The average molecular weight is 260 g/mol. The summed E-state index contributed by atoms with van der Waals surface area (Å²) in [5.41, 5.74) is 0.854. The topological polar surface area (TPSA) is 45.5 Å². The fourth-order valence-electron chi connectivity index (χ4n) is 2.02. The first-order valence-electron chi connectivity index (χ1n) is 6.47. The smallest absolute Gasteiger partial charge is 0.239 e. The summed E-state index contributed by atoms with van der Waals surface area (Å²) in [5.74, 6) is 0.857. The van der Waals surface area contributed by atoms with E-state index in [-0.39, 0.29) is 18.0 Å². The molecular formula is C15H20N2O2. The van der Waals surface area contributed by atoms with E-state index >= 15 is 0 Å². The van der Waals surface area contributed by atoms with E-state index in [9.17, 15) is 4.79 Å². The van der Waals surface area contributed by atoms with Crippen molar-refractivity contribution < 1.29 is 9.21 Å². The summed E-state index contributed by atoms with van der Waals surface area (Å²) in [6.45, 7) is 3.82. The Hall–Kier alpha value is -1.81. The maximum Gasteiger partial charge on any atom is 0.239 e. The standard InChI is InChI=1S/C15H20N2O2/c1-10(16-3)15(18)17(4)11(2)14-9-12-7-5-6-8-13(12)19-14/h5-11,16H,1-4H3. The number of likely N-dealkylation sites (N-methyl/N-ethyl adjacent to an activating group) is 2. The number of rotatable bonds is 4. The summed E-state index contributed by atoms with van der Waals surface area (Å²) in [6.07, 6.45) is 0. The molecule has 2 rings (SSSR count). The van der Waals surface area contributed by atoms with Crippen LogP contribution in [0.4, 0.5) is 0 Å².